The van der Waals surface area contributed by atoms with Crippen LogP contribution in [0.3, 0.4) is 0 Å². The van der Waals surface area contributed by atoms with E-state index >= 15 is 0 Å². The number of carbonyl (C=O) groups is 1. The molecule has 0 amide bonds. The first-order chi connectivity index (χ1) is 17.7. The summed E-state index contributed by atoms with van der Waals surface area (Å²) < 4.78 is 6.09. The molecule has 0 bridgehead atoms. The minimum Gasteiger partial charge on any atom is -0.461 e. The highest BCUT2D eigenvalue weighted by Crippen LogP contribution is 2.66. The van der Waals surface area contributed by atoms with Gasteiger partial charge in [-0.05, 0) is 118 Å². The number of esters is 1. The molecule has 0 aliphatic heterocycles. The van der Waals surface area contributed by atoms with E-state index in [-0.39, 0.29) is 18.1 Å². The van der Waals surface area contributed by atoms with Crippen LogP contribution in [0.15, 0.2) is 11.6 Å². The fourth-order valence-corrected chi connectivity index (χ4v) is 9.37. The standard InChI is InChI=1S/C33H58N2O2/c1-23(2)10-6-7-11-24-14-16-28-27-15-13-25-22-26(37-31(36)30(35-5)12-8-9-21-34)17-19-33(25,4)29(27)18-20-32(24,28)3/h13,23-24,26-30,35H,6-12,14-22,34H2,1-5H3. The zero-order chi connectivity index (χ0) is 26.6. The van der Waals surface area contributed by atoms with Gasteiger partial charge in [-0.3, -0.25) is 4.79 Å². The summed E-state index contributed by atoms with van der Waals surface area (Å²) in [7, 11) is 1.87. The molecule has 0 heterocycles. The number of allylic oxidation sites excluding steroid dienone is 1. The highest BCUT2D eigenvalue weighted by Gasteiger charge is 2.58. The minimum atomic E-state index is -0.207. The summed E-state index contributed by atoms with van der Waals surface area (Å²) in [5, 5.41) is 3.17. The van der Waals surface area contributed by atoms with Crippen molar-refractivity contribution < 1.29 is 9.53 Å². The number of likely N-dealkylation sites (N-methyl/N-ethyl adjacent to an activating group) is 1. The second kappa shape index (κ2) is 12.5. The molecule has 4 rings (SSSR count). The lowest BCUT2D eigenvalue weighted by atomic mass is 9.47. The maximum absolute atomic E-state index is 12.9. The van der Waals surface area contributed by atoms with Crippen molar-refractivity contribution in [2.75, 3.05) is 13.6 Å². The normalized spacial score (nSPS) is 37.9. The van der Waals surface area contributed by atoms with Crippen molar-refractivity contribution >= 4 is 5.97 Å². The van der Waals surface area contributed by atoms with Gasteiger partial charge in [0.2, 0.25) is 0 Å². The Kier molecular flexibility index (Phi) is 9.87. The Morgan fingerprint density at radius 2 is 1.84 bits per heavy atom. The van der Waals surface area contributed by atoms with Crippen molar-refractivity contribution in [1.82, 2.24) is 5.32 Å². The summed E-state index contributed by atoms with van der Waals surface area (Å²) in [4.78, 5) is 12.9. The predicted octanol–water partition coefficient (Wildman–Crippen LogP) is 7.41. The zero-order valence-corrected chi connectivity index (χ0v) is 24.8. The van der Waals surface area contributed by atoms with Crippen LogP contribution in [0.5, 0.6) is 0 Å². The summed E-state index contributed by atoms with van der Waals surface area (Å²) in [6, 6.07) is -0.207. The van der Waals surface area contributed by atoms with Gasteiger partial charge in [0.05, 0.1) is 0 Å². The van der Waals surface area contributed by atoms with Crippen LogP contribution in [0.1, 0.15) is 124 Å². The van der Waals surface area contributed by atoms with Crippen molar-refractivity contribution in [2.45, 2.75) is 136 Å². The first-order valence-corrected chi connectivity index (χ1v) is 16.0. The van der Waals surface area contributed by atoms with E-state index in [9.17, 15) is 4.79 Å². The second-order valence-corrected chi connectivity index (χ2v) is 14.2. The van der Waals surface area contributed by atoms with Gasteiger partial charge in [-0.1, -0.05) is 65.0 Å². The van der Waals surface area contributed by atoms with Gasteiger partial charge in [0.15, 0.2) is 0 Å². The fraction of sp³-hybridized carbons (Fsp3) is 0.909. The summed E-state index contributed by atoms with van der Waals surface area (Å²) in [5.74, 6) is 4.32. The van der Waals surface area contributed by atoms with Crippen LogP contribution in [-0.2, 0) is 9.53 Å². The van der Waals surface area contributed by atoms with Crippen LogP contribution in [-0.4, -0.2) is 31.7 Å². The molecule has 3 N–H and O–H groups in total. The van der Waals surface area contributed by atoms with Gasteiger partial charge in [-0.25, -0.2) is 0 Å². The largest absolute Gasteiger partial charge is 0.461 e. The van der Waals surface area contributed by atoms with Gasteiger partial charge in [-0.15, -0.1) is 0 Å². The first kappa shape index (κ1) is 29.1. The van der Waals surface area contributed by atoms with Crippen molar-refractivity contribution in [1.29, 1.82) is 0 Å². The average Bonchev–Trinajstić information content (AvgIpc) is 3.20. The Hall–Kier alpha value is -0.870. The molecule has 0 spiro atoms. The number of unbranched alkanes of at least 4 members (excludes halogenated alkanes) is 2. The van der Waals surface area contributed by atoms with Gasteiger partial charge in [0.25, 0.3) is 0 Å². The Morgan fingerprint density at radius 3 is 2.57 bits per heavy atom. The van der Waals surface area contributed by atoms with Crippen molar-refractivity contribution in [3.05, 3.63) is 11.6 Å². The lowest BCUT2D eigenvalue weighted by Gasteiger charge is -2.58. The number of rotatable bonds is 12. The van der Waals surface area contributed by atoms with E-state index in [4.69, 9.17) is 10.5 Å². The molecule has 0 aromatic rings. The van der Waals surface area contributed by atoms with Crippen LogP contribution in [0.2, 0.25) is 0 Å². The molecule has 8 atom stereocenters. The van der Waals surface area contributed by atoms with E-state index in [1.54, 1.807) is 5.57 Å². The topological polar surface area (TPSA) is 64.3 Å². The maximum Gasteiger partial charge on any atom is 0.323 e. The van der Waals surface area contributed by atoms with Gasteiger partial charge >= 0.3 is 5.97 Å². The van der Waals surface area contributed by atoms with E-state index in [0.29, 0.717) is 17.4 Å². The summed E-state index contributed by atoms with van der Waals surface area (Å²) in [5.41, 5.74) is 8.12. The Balaban J connectivity index is 1.36. The molecule has 4 heteroatoms. The highest BCUT2D eigenvalue weighted by molar-refractivity contribution is 5.75. The maximum atomic E-state index is 12.9. The van der Waals surface area contributed by atoms with Crippen molar-refractivity contribution in [3.8, 4) is 0 Å². The highest BCUT2D eigenvalue weighted by atomic mass is 16.5. The number of nitrogens with two attached hydrogens (primary N) is 1. The van der Waals surface area contributed by atoms with Crippen LogP contribution < -0.4 is 11.1 Å². The van der Waals surface area contributed by atoms with E-state index < -0.39 is 0 Å². The number of hydrogen-bond acceptors (Lipinski definition) is 4. The molecule has 3 saturated carbocycles. The number of ether oxygens (including phenoxy) is 1. The molecule has 3 fully saturated rings. The molecule has 4 nitrogen and oxygen atoms in total. The third-order valence-electron chi connectivity index (χ3n) is 11.7. The molecule has 0 aromatic carbocycles. The van der Waals surface area contributed by atoms with Gasteiger partial charge < -0.3 is 15.8 Å². The van der Waals surface area contributed by atoms with Crippen LogP contribution >= 0.6 is 0 Å². The molecule has 8 unspecified atom stereocenters. The molecule has 4 aliphatic rings. The smallest absolute Gasteiger partial charge is 0.323 e. The molecule has 4 aliphatic carbocycles. The SMILES string of the molecule is CNC(CCCCN)C(=O)OC1CCC2(C)C(=CCC3C2CCC2(C)C(CCCCC(C)C)CCC32)C1. The quantitative estimate of drug-likeness (QED) is 0.162. The summed E-state index contributed by atoms with van der Waals surface area (Å²) in [6.07, 6.45) is 21.3. The Bertz CT molecular complexity index is 793. The lowest BCUT2D eigenvalue weighted by molar-refractivity contribution is -0.154. The Labute approximate surface area is 228 Å². The van der Waals surface area contributed by atoms with E-state index in [2.05, 4.69) is 39.1 Å². The monoisotopic (exact) mass is 514 g/mol. The Morgan fingerprint density at radius 1 is 1.05 bits per heavy atom. The van der Waals surface area contributed by atoms with E-state index in [0.717, 1.165) is 61.7 Å². The average molecular weight is 515 g/mol. The van der Waals surface area contributed by atoms with Gasteiger partial charge in [0.1, 0.15) is 12.1 Å². The number of fused-ring (bicyclic) bond motifs is 5. The molecular formula is C33H58N2O2. The predicted molar refractivity (Wildman–Crippen MR) is 154 cm³/mol. The van der Waals surface area contributed by atoms with E-state index in [1.807, 2.05) is 7.05 Å². The third-order valence-corrected chi connectivity index (χ3v) is 11.7. The molecule has 0 radical (unpaired) electrons. The second-order valence-electron chi connectivity index (χ2n) is 14.2. The van der Waals surface area contributed by atoms with Crippen LogP contribution in [0.25, 0.3) is 0 Å². The van der Waals surface area contributed by atoms with Crippen LogP contribution in [0.4, 0.5) is 0 Å². The minimum absolute atomic E-state index is 0.0456. The number of hydrogen-bond donors (Lipinski definition) is 2. The van der Waals surface area contributed by atoms with Crippen LogP contribution in [0, 0.1) is 40.4 Å². The fourth-order valence-electron chi connectivity index (χ4n) is 9.37. The zero-order valence-electron chi connectivity index (χ0n) is 24.8. The van der Waals surface area contributed by atoms with Gasteiger partial charge in [0, 0.05) is 6.42 Å². The molecule has 212 valence electrons. The molecule has 0 aromatic heterocycles. The number of nitrogens with one attached hydrogen (secondary N) is 1. The first-order valence-electron chi connectivity index (χ1n) is 16.0. The third kappa shape index (κ3) is 6.16. The lowest BCUT2D eigenvalue weighted by Crippen LogP contribution is -2.50. The van der Waals surface area contributed by atoms with Crippen molar-refractivity contribution in [2.24, 2.45) is 46.2 Å². The summed E-state index contributed by atoms with van der Waals surface area (Å²) in [6.45, 7) is 10.7. The molecule has 0 saturated heterocycles. The molecule has 37 heavy (non-hydrogen) atoms. The molecular weight excluding hydrogens is 456 g/mol. The number of carbonyl (C=O) groups excluding carboxylic acids is 1. The van der Waals surface area contributed by atoms with E-state index in [1.165, 1.54) is 64.2 Å². The summed E-state index contributed by atoms with van der Waals surface area (Å²) >= 11 is 0. The van der Waals surface area contributed by atoms with Crippen molar-refractivity contribution in [3.63, 3.8) is 0 Å². The van der Waals surface area contributed by atoms with Gasteiger partial charge in [-0.2, -0.15) is 0 Å².